The van der Waals surface area contributed by atoms with Gasteiger partial charge in [-0.2, -0.15) is 4.98 Å². The number of nitrogens with zero attached hydrogens (tertiary/aromatic N) is 4. The van der Waals surface area contributed by atoms with E-state index in [4.69, 9.17) is 16.1 Å². The van der Waals surface area contributed by atoms with Crippen molar-refractivity contribution in [1.82, 2.24) is 25.0 Å². The molecule has 3 heterocycles. The number of benzene rings is 1. The second-order valence-electron chi connectivity index (χ2n) is 6.76. The largest absolute Gasteiger partial charge is 0.347 e. The molecule has 1 atom stereocenters. The van der Waals surface area contributed by atoms with Crippen molar-refractivity contribution in [2.75, 3.05) is 5.32 Å². The second-order valence-corrected chi connectivity index (χ2v) is 7.19. The summed E-state index contributed by atoms with van der Waals surface area (Å²) in [5.74, 6) is 1.18. The molecule has 0 fully saturated rings. The lowest BCUT2D eigenvalue weighted by Gasteiger charge is -2.32. The summed E-state index contributed by atoms with van der Waals surface area (Å²) in [6, 6.07) is 6.32. The fourth-order valence-electron chi connectivity index (χ4n) is 3.02. The Kier molecular flexibility index (Phi) is 4.57. The van der Waals surface area contributed by atoms with Crippen molar-refractivity contribution in [3.8, 4) is 0 Å². The Hall–Kier alpha value is -2.87. The molecular weight excluding hydrogens is 368 g/mol. The number of urea groups is 1. The number of amides is 2. The number of imidazole rings is 1. The number of fused-ring (bicyclic) bond motifs is 1. The van der Waals surface area contributed by atoms with E-state index in [-0.39, 0.29) is 18.0 Å². The van der Waals surface area contributed by atoms with Gasteiger partial charge in [0.05, 0.1) is 24.3 Å². The third kappa shape index (κ3) is 3.52. The van der Waals surface area contributed by atoms with E-state index in [9.17, 15) is 4.79 Å². The van der Waals surface area contributed by atoms with E-state index in [0.717, 1.165) is 11.4 Å². The first-order valence-corrected chi connectivity index (χ1v) is 9.07. The molecular formula is C18H19ClN6O2. The molecule has 0 radical (unpaired) electrons. The highest BCUT2D eigenvalue weighted by atomic mass is 35.5. The van der Waals surface area contributed by atoms with E-state index in [1.54, 1.807) is 35.5 Å². The van der Waals surface area contributed by atoms with Crippen molar-refractivity contribution in [2.45, 2.75) is 38.8 Å². The van der Waals surface area contributed by atoms with Gasteiger partial charge >= 0.3 is 6.03 Å². The first-order chi connectivity index (χ1) is 13.0. The summed E-state index contributed by atoms with van der Waals surface area (Å²) in [4.78, 5) is 26.6. The average Bonchev–Trinajstić information content (AvgIpc) is 3.31. The molecule has 140 valence electrons. The summed E-state index contributed by atoms with van der Waals surface area (Å²) in [6.45, 7) is 4.36. The molecule has 3 aromatic rings. The summed E-state index contributed by atoms with van der Waals surface area (Å²) in [5.41, 5.74) is 2.47. The molecule has 2 amide bonds. The highest BCUT2D eigenvalue weighted by Gasteiger charge is 2.36. The third-order valence-corrected chi connectivity index (χ3v) is 4.77. The zero-order chi connectivity index (χ0) is 19.0. The van der Waals surface area contributed by atoms with Crippen LogP contribution < -0.4 is 5.32 Å². The number of carbonyl (C=O) groups is 1. The minimum absolute atomic E-state index is 0.142. The van der Waals surface area contributed by atoms with Crippen LogP contribution in [0.5, 0.6) is 0 Å². The van der Waals surface area contributed by atoms with Crippen LogP contribution in [0.25, 0.3) is 0 Å². The maximum Gasteiger partial charge on any atom is 0.322 e. The molecule has 8 nitrogen and oxygen atoms in total. The minimum atomic E-state index is -0.381. The van der Waals surface area contributed by atoms with Crippen molar-refractivity contribution in [3.05, 3.63) is 58.7 Å². The standard InChI is InChI=1S/C18H19ClN6O2/c1-10(2)16-23-17(27-24-16)15-7-13-14(21-9-20-13)8-25(15)18(26)22-12-5-3-11(19)4-6-12/h3-6,9-10,15H,7-8H2,1-2H3,(H,20,21)(H,22,26)/t15-/m0/s1. The first kappa shape index (κ1) is 17.5. The molecule has 1 aliphatic rings. The maximum atomic E-state index is 13.0. The number of anilines is 1. The second kappa shape index (κ2) is 7.03. The van der Waals surface area contributed by atoms with Gasteiger partial charge in [0.1, 0.15) is 6.04 Å². The minimum Gasteiger partial charge on any atom is -0.347 e. The van der Waals surface area contributed by atoms with Crippen LogP contribution in [0.15, 0.2) is 35.1 Å². The van der Waals surface area contributed by atoms with Gasteiger partial charge in [-0.25, -0.2) is 9.78 Å². The van der Waals surface area contributed by atoms with Crippen molar-refractivity contribution >= 4 is 23.3 Å². The van der Waals surface area contributed by atoms with Gasteiger partial charge in [-0.05, 0) is 24.3 Å². The summed E-state index contributed by atoms with van der Waals surface area (Å²) in [6.07, 6.45) is 2.14. The Morgan fingerprint density at radius 2 is 2.15 bits per heavy atom. The maximum absolute atomic E-state index is 13.0. The predicted octanol–water partition coefficient (Wildman–Crippen LogP) is 3.90. The van der Waals surface area contributed by atoms with Crippen molar-refractivity contribution in [2.24, 2.45) is 0 Å². The van der Waals surface area contributed by atoms with Crippen LogP contribution in [0, 0.1) is 0 Å². The molecule has 0 aliphatic carbocycles. The number of carbonyl (C=O) groups excluding carboxylic acids is 1. The van der Waals surface area contributed by atoms with Crippen LogP contribution in [0.1, 0.15) is 48.9 Å². The Bertz CT molecular complexity index is 949. The summed E-state index contributed by atoms with van der Waals surface area (Å²) >= 11 is 5.91. The highest BCUT2D eigenvalue weighted by molar-refractivity contribution is 6.30. The summed E-state index contributed by atoms with van der Waals surface area (Å²) in [5, 5.41) is 7.54. The smallest absolute Gasteiger partial charge is 0.322 e. The summed E-state index contributed by atoms with van der Waals surface area (Å²) < 4.78 is 5.47. The van der Waals surface area contributed by atoms with Gasteiger partial charge in [0.25, 0.3) is 0 Å². The quantitative estimate of drug-likeness (QED) is 0.711. The Labute approximate surface area is 160 Å². The number of halogens is 1. The van der Waals surface area contributed by atoms with E-state index in [1.807, 2.05) is 13.8 Å². The number of aromatic nitrogens is 4. The highest BCUT2D eigenvalue weighted by Crippen LogP contribution is 2.32. The Balaban J connectivity index is 1.62. The number of hydrogen-bond donors (Lipinski definition) is 2. The van der Waals surface area contributed by atoms with Crippen molar-refractivity contribution < 1.29 is 9.32 Å². The average molecular weight is 387 g/mol. The molecule has 27 heavy (non-hydrogen) atoms. The number of nitrogens with one attached hydrogen (secondary N) is 2. The zero-order valence-electron chi connectivity index (χ0n) is 14.9. The number of hydrogen-bond acceptors (Lipinski definition) is 5. The number of H-pyrrole nitrogens is 1. The molecule has 2 aromatic heterocycles. The van der Waals surface area contributed by atoms with E-state index >= 15 is 0 Å². The molecule has 0 unspecified atom stereocenters. The molecule has 0 bridgehead atoms. The molecule has 0 spiro atoms. The number of aromatic amines is 1. The zero-order valence-corrected chi connectivity index (χ0v) is 15.7. The Morgan fingerprint density at radius 3 is 2.85 bits per heavy atom. The van der Waals surface area contributed by atoms with Crippen molar-refractivity contribution in [3.63, 3.8) is 0 Å². The first-order valence-electron chi connectivity index (χ1n) is 8.69. The van der Waals surface area contributed by atoms with Crippen LogP contribution >= 0.6 is 11.6 Å². The molecule has 1 aliphatic heterocycles. The summed E-state index contributed by atoms with van der Waals surface area (Å²) in [7, 11) is 0. The lowest BCUT2D eigenvalue weighted by molar-refractivity contribution is 0.155. The molecule has 0 saturated carbocycles. The SMILES string of the molecule is CC(C)c1noc([C@@H]2Cc3nc[nH]c3CN2C(=O)Nc2ccc(Cl)cc2)n1. The topological polar surface area (TPSA) is 99.9 Å². The third-order valence-electron chi connectivity index (χ3n) is 4.51. The van der Waals surface area contributed by atoms with Crippen LogP contribution in [0.2, 0.25) is 5.02 Å². The number of rotatable bonds is 3. The lowest BCUT2D eigenvalue weighted by Crippen LogP contribution is -2.41. The van der Waals surface area contributed by atoms with Crippen LogP contribution in [-0.2, 0) is 13.0 Å². The van der Waals surface area contributed by atoms with Crippen LogP contribution in [-0.4, -0.2) is 31.0 Å². The molecule has 1 aromatic carbocycles. The molecule has 0 saturated heterocycles. The van der Waals surface area contributed by atoms with Crippen LogP contribution in [0.4, 0.5) is 10.5 Å². The van der Waals surface area contributed by atoms with Gasteiger partial charge in [0.2, 0.25) is 5.89 Å². The molecule has 2 N–H and O–H groups in total. The normalized spacial score (nSPS) is 16.4. The fraction of sp³-hybridized carbons (Fsp3) is 0.333. The van der Waals surface area contributed by atoms with Gasteiger partial charge in [-0.3, -0.25) is 0 Å². The van der Waals surface area contributed by atoms with E-state index < -0.39 is 0 Å². The van der Waals surface area contributed by atoms with Crippen molar-refractivity contribution in [1.29, 1.82) is 0 Å². The Morgan fingerprint density at radius 1 is 1.37 bits per heavy atom. The van der Waals surface area contributed by atoms with Gasteiger partial charge < -0.3 is 19.7 Å². The monoisotopic (exact) mass is 386 g/mol. The molecule has 9 heteroatoms. The lowest BCUT2D eigenvalue weighted by atomic mass is 10.0. The van der Waals surface area contributed by atoms with E-state index in [0.29, 0.717) is 35.4 Å². The van der Waals surface area contributed by atoms with Gasteiger partial charge in [-0.15, -0.1) is 0 Å². The van der Waals surface area contributed by atoms with E-state index in [1.165, 1.54) is 0 Å². The van der Waals surface area contributed by atoms with Crippen LogP contribution in [0.3, 0.4) is 0 Å². The predicted molar refractivity (Wildman–Crippen MR) is 99.4 cm³/mol. The van der Waals surface area contributed by atoms with E-state index in [2.05, 4.69) is 25.4 Å². The van der Waals surface area contributed by atoms with Gasteiger partial charge in [0.15, 0.2) is 5.82 Å². The molecule has 4 rings (SSSR count). The van der Waals surface area contributed by atoms with Gasteiger partial charge in [0, 0.05) is 23.0 Å². The van der Waals surface area contributed by atoms with Gasteiger partial charge in [-0.1, -0.05) is 30.6 Å². The fourth-order valence-corrected chi connectivity index (χ4v) is 3.14.